The van der Waals surface area contributed by atoms with Gasteiger partial charge in [0, 0.05) is 44.5 Å². The normalized spacial score (nSPS) is 14.2. The number of benzene rings is 2. The molecule has 0 spiro atoms. The molecule has 0 radical (unpaired) electrons. The highest BCUT2D eigenvalue weighted by Crippen LogP contribution is 2.16. The van der Waals surface area contributed by atoms with Gasteiger partial charge in [-0.15, -0.1) is 0 Å². The van der Waals surface area contributed by atoms with Gasteiger partial charge in [0.1, 0.15) is 5.75 Å². The molecule has 0 atom stereocenters. The van der Waals surface area contributed by atoms with Gasteiger partial charge >= 0.3 is 0 Å². The number of nitrogens with zero attached hydrogens (tertiary/aromatic N) is 2. The second-order valence-corrected chi connectivity index (χ2v) is 8.25. The molecule has 2 aromatic carbocycles. The van der Waals surface area contributed by atoms with E-state index in [2.05, 4.69) is 12.2 Å². The summed E-state index contributed by atoms with van der Waals surface area (Å²) in [6, 6.07) is 15.6. The van der Waals surface area contributed by atoms with Crippen molar-refractivity contribution in [2.75, 3.05) is 38.7 Å². The zero-order valence-corrected chi connectivity index (χ0v) is 18.8. The lowest BCUT2D eigenvalue weighted by atomic mass is 10.0. The van der Waals surface area contributed by atoms with Crippen molar-refractivity contribution in [2.24, 2.45) is 0 Å². The van der Waals surface area contributed by atoms with Crippen LogP contribution in [-0.2, 0) is 11.2 Å². The highest BCUT2D eigenvalue weighted by Gasteiger charge is 2.24. The average Bonchev–Trinajstić information content (AvgIpc) is 2.79. The molecule has 0 saturated carbocycles. The van der Waals surface area contributed by atoms with Gasteiger partial charge in [-0.1, -0.05) is 25.5 Å². The Morgan fingerprint density at radius 3 is 2.26 bits per heavy atom. The van der Waals surface area contributed by atoms with E-state index in [1.165, 1.54) is 5.56 Å². The van der Waals surface area contributed by atoms with Gasteiger partial charge in [0.05, 0.1) is 0 Å². The maximum atomic E-state index is 12.5. The molecule has 0 bridgehead atoms. The van der Waals surface area contributed by atoms with E-state index < -0.39 is 0 Å². The highest BCUT2D eigenvalue weighted by molar-refractivity contribution is 5.94. The van der Waals surface area contributed by atoms with Gasteiger partial charge in [0.15, 0.2) is 6.61 Å². The van der Waals surface area contributed by atoms with E-state index in [-0.39, 0.29) is 24.5 Å². The summed E-state index contributed by atoms with van der Waals surface area (Å²) in [4.78, 5) is 28.8. The first-order chi connectivity index (χ1) is 15.0. The van der Waals surface area contributed by atoms with E-state index in [0.717, 1.165) is 37.1 Å². The van der Waals surface area contributed by atoms with Crippen LogP contribution in [0.25, 0.3) is 0 Å². The third kappa shape index (κ3) is 6.48. The van der Waals surface area contributed by atoms with Gasteiger partial charge in [-0.2, -0.15) is 0 Å². The summed E-state index contributed by atoms with van der Waals surface area (Å²) >= 11 is 0. The van der Waals surface area contributed by atoms with Crippen LogP contribution in [0.3, 0.4) is 0 Å². The van der Waals surface area contributed by atoms with Crippen molar-refractivity contribution in [3.63, 3.8) is 0 Å². The number of ether oxygens (including phenoxy) is 1. The smallest absolute Gasteiger partial charge is 0.260 e. The number of anilines is 1. The molecule has 2 amide bonds. The molecule has 31 heavy (non-hydrogen) atoms. The molecule has 166 valence electrons. The van der Waals surface area contributed by atoms with Crippen LogP contribution in [0.4, 0.5) is 5.69 Å². The van der Waals surface area contributed by atoms with Crippen molar-refractivity contribution in [2.45, 2.75) is 38.6 Å². The van der Waals surface area contributed by atoms with E-state index >= 15 is 0 Å². The van der Waals surface area contributed by atoms with Gasteiger partial charge in [0.2, 0.25) is 0 Å². The van der Waals surface area contributed by atoms with Crippen LogP contribution in [0.15, 0.2) is 48.5 Å². The number of rotatable bonds is 8. The van der Waals surface area contributed by atoms with Gasteiger partial charge in [0.25, 0.3) is 11.8 Å². The Balaban J connectivity index is 1.41. The quantitative estimate of drug-likeness (QED) is 0.706. The molecular weight excluding hydrogens is 390 g/mol. The molecule has 1 heterocycles. The molecule has 2 aromatic rings. The largest absolute Gasteiger partial charge is 0.484 e. The molecule has 6 nitrogen and oxygen atoms in total. The van der Waals surface area contributed by atoms with Crippen LogP contribution in [0, 0.1) is 0 Å². The number of carbonyl (C=O) groups is 2. The van der Waals surface area contributed by atoms with Crippen LogP contribution >= 0.6 is 0 Å². The Morgan fingerprint density at radius 2 is 1.68 bits per heavy atom. The first kappa shape index (κ1) is 22.7. The summed E-state index contributed by atoms with van der Waals surface area (Å²) in [7, 11) is 3.94. The van der Waals surface area contributed by atoms with Crippen molar-refractivity contribution in [1.82, 2.24) is 10.2 Å². The topological polar surface area (TPSA) is 61.9 Å². The molecule has 0 aromatic heterocycles. The molecule has 1 N–H and O–H groups in total. The summed E-state index contributed by atoms with van der Waals surface area (Å²) in [6.07, 6.45) is 3.65. The fourth-order valence-corrected chi connectivity index (χ4v) is 3.73. The maximum Gasteiger partial charge on any atom is 0.260 e. The number of hydrogen-bond donors (Lipinski definition) is 1. The SMILES string of the molecule is CCCc1ccc(OCC(=O)N2CCC(NC(=O)c3ccc(N(C)C)cc3)CC2)cc1. The number of likely N-dealkylation sites (tertiary alicyclic amines) is 1. The number of nitrogens with one attached hydrogen (secondary N) is 1. The first-order valence-electron chi connectivity index (χ1n) is 11.0. The third-order valence-corrected chi connectivity index (χ3v) is 5.65. The van der Waals surface area contributed by atoms with Gasteiger partial charge in [-0.05, 0) is 61.2 Å². The van der Waals surface area contributed by atoms with Crippen LogP contribution < -0.4 is 15.0 Å². The predicted octanol–water partition coefficient (Wildman–Crippen LogP) is 3.50. The predicted molar refractivity (Wildman–Crippen MR) is 124 cm³/mol. The summed E-state index contributed by atoms with van der Waals surface area (Å²) in [5, 5.41) is 3.09. The van der Waals surface area contributed by atoms with Crippen molar-refractivity contribution in [3.8, 4) is 5.75 Å². The second-order valence-electron chi connectivity index (χ2n) is 8.25. The zero-order chi connectivity index (χ0) is 22.2. The van der Waals surface area contributed by atoms with Gasteiger partial charge in [-0.3, -0.25) is 9.59 Å². The summed E-state index contributed by atoms with van der Waals surface area (Å²) in [5.74, 6) is 0.641. The molecule has 1 aliphatic heterocycles. The van der Waals surface area contributed by atoms with E-state index in [0.29, 0.717) is 18.7 Å². The molecule has 1 fully saturated rings. The minimum Gasteiger partial charge on any atom is -0.484 e. The lowest BCUT2D eigenvalue weighted by Crippen LogP contribution is -2.47. The molecular formula is C25H33N3O3. The van der Waals surface area contributed by atoms with Crippen molar-refractivity contribution < 1.29 is 14.3 Å². The van der Waals surface area contributed by atoms with E-state index in [9.17, 15) is 9.59 Å². The number of aryl methyl sites for hydroxylation is 1. The van der Waals surface area contributed by atoms with E-state index in [4.69, 9.17) is 4.74 Å². The van der Waals surface area contributed by atoms with Crippen LogP contribution in [0.5, 0.6) is 5.75 Å². The monoisotopic (exact) mass is 423 g/mol. The number of carbonyl (C=O) groups excluding carboxylic acids is 2. The molecule has 0 unspecified atom stereocenters. The lowest BCUT2D eigenvalue weighted by Gasteiger charge is -2.32. The number of amides is 2. The molecule has 0 aliphatic carbocycles. The molecule has 6 heteroatoms. The van der Waals surface area contributed by atoms with E-state index in [1.807, 2.05) is 72.4 Å². The van der Waals surface area contributed by atoms with Crippen molar-refractivity contribution in [3.05, 3.63) is 59.7 Å². The Morgan fingerprint density at radius 1 is 1.03 bits per heavy atom. The summed E-state index contributed by atoms with van der Waals surface area (Å²) in [6.45, 7) is 3.45. The lowest BCUT2D eigenvalue weighted by molar-refractivity contribution is -0.134. The zero-order valence-electron chi connectivity index (χ0n) is 18.8. The molecule has 3 rings (SSSR count). The Bertz CT molecular complexity index is 855. The third-order valence-electron chi connectivity index (χ3n) is 5.65. The molecule has 1 saturated heterocycles. The minimum atomic E-state index is -0.0649. The van der Waals surface area contributed by atoms with Crippen LogP contribution in [0.2, 0.25) is 0 Å². The van der Waals surface area contributed by atoms with Gasteiger partial charge < -0.3 is 19.9 Å². The van der Waals surface area contributed by atoms with Crippen molar-refractivity contribution in [1.29, 1.82) is 0 Å². The Hall–Kier alpha value is -3.02. The van der Waals surface area contributed by atoms with Gasteiger partial charge in [-0.25, -0.2) is 0 Å². The minimum absolute atomic E-state index is 0.0123. The average molecular weight is 424 g/mol. The maximum absolute atomic E-state index is 12.5. The van der Waals surface area contributed by atoms with Crippen LogP contribution in [-0.4, -0.2) is 56.5 Å². The fourth-order valence-electron chi connectivity index (χ4n) is 3.73. The Labute approximate surface area is 185 Å². The highest BCUT2D eigenvalue weighted by atomic mass is 16.5. The van der Waals surface area contributed by atoms with E-state index in [1.54, 1.807) is 0 Å². The second kappa shape index (κ2) is 10.8. The van der Waals surface area contributed by atoms with Crippen molar-refractivity contribution >= 4 is 17.5 Å². The summed E-state index contributed by atoms with van der Waals surface area (Å²) in [5.41, 5.74) is 2.99. The number of piperidine rings is 1. The first-order valence-corrected chi connectivity index (χ1v) is 11.0. The number of hydrogen-bond acceptors (Lipinski definition) is 4. The van der Waals surface area contributed by atoms with Crippen LogP contribution in [0.1, 0.15) is 42.1 Å². The Kier molecular flexibility index (Phi) is 7.93. The standard InChI is InChI=1S/C25H33N3O3/c1-4-5-19-6-12-23(13-7-19)31-18-24(29)28-16-14-21(15-17-28)26-25(30)20-8-10-22(11-9-20)27(2)3/h6-13,21H,4-5,14-18H2,1-3H3,(H,26,30). The summed E-state index contributed by atoms with van der Waals surface area (Å²) < 4.78 is 5.67. The fraction of sp³-hybridized carbons (Fsp3) is 0.440. The molecule has 1 aliphatic rings.